The van der Waals surface area contributed by atoms with Crippen LogP contribution in [0, 0.1) is 30.4 Å². The number of aromatic nitrogens is 2. The molecular weight excluding hydrogens is 370 g/mol. The van der Waals surface area contributed by atoms with Gasteiger partial charge in [-0.25, -0.2) is 18.7 Å². The first-order chi connectivity index (χ1) is 14.1. The van der Waals surface area contributed by atoms with Crippen LogP contribution in [-0.4, -0.2) is 9.97 Å². The van der Waals surface area contributed by atoms with Crippen molar-refractivity contribution >= 4 is 0 Å². The summed E-state index contributed by atoms with van der Waals surface area (Å²) in [5.41, 5.74) is 2.40. The van der Waals surface area contributed by atoms with Crippen molar-refractivity contribution in [3.05, 3.63) is 77.4 Å². The second-order valence-electron chi connectivity index (χ2n) is 8.16. The molecule has 5 heteroatoms. The molecule has 0 saturated heterocycles. The molecule has 148 valence electrons. The van der Waals surface area contributed by atoms with E-state index in [1.807, 2.05) is 13.0 Å². The molecule has 3 atom stereocenters. The van der Waals surface area contributed by atoms with Gasteiger partial charge in [0, 0.05) is 23.2 Å². The van der Waals surface area contributed by atoms with Crippen molar-refractivity contribution in [1.29, 1.82) is 0 Å². The van der Waals surface area contributed by atoms with Crippen molar-refractivity contribution in [2.75, 3.05) is 0 Å². The number of hydrogen-bond acceptors (Lipinski definition) is 3. The van der Waals surface area contributed by atoms with Crippen molar-refractivity contribution in [3.8, 4) is 16.9 Å². The van der Waals surface area contributed by atoms with Crippen LogP contribution < -0.4 is 4.74 Å². The quantitative estimate of drug-likeness (QED) is 0.549. The number of fused-ring (bicyclic) bond motifs is 1. The van der Waals surface area contributed by atoms with Crippen molar-refractivity contribution < 1.29 is 13.5 Å². The molecule has 2 aliphatic carbocycles. The van der Waals surface area contributed by atoms with E-state index in [1.54, 1.807) is 24.4 Å². The number of ether oxygens (including phenoxy) is 1. The number of benzene rings is 2. The van der Waals surface area contributed by atoms with E-state index in [-0.39, 0.29) is 6.61 Å². The summed E-state index contributed by atoms with van der Waals surface area (Å²) in [7, 11) is 0. The van der Waals surface area contributed by atoms with Gasteiger partial charge in [0.15, 0.2) is 0 Å². The zero-order valence-electron chi connectivity index (χ0n) is 16.2. The summed E-state index contributed by atoms with van der Waals surface area (Å²) in [4.78, 5) is 9.20. The molecule has 3 nitrogen and oxygen atoms in total. The Kier molecular flexibility index (Phi) is 4.53. The molecule has 29 heavy (non-hydrogen) atoms. The van der Waals surface area contributed by atoms with Gasteiger partial charge in [-0.3, -0.25) is 0 Å². The lowest BCUT2D eigenvalue weighted by Crippen LogP contribution is -2.08. The number of aryl methyl sites for hydroxylation is 1. The zero-order valence-corrected chi connectivity index (χ0v) is 16.2. The van der Waals surface area contributed by atoms with E-state index in [2.05, 4.69) is 4.98 Å². The molecule has 2 aliphatic rings. The third-order valence-electron chi connectivity index (χ3n) is 6.14. The summed E-state index contributed by atoms with van der Waals surface area (Å²) in [6.45, 7) is 2.10. The molecule has 0 spiro atoms. The van der Waals surface area contributed by atoms with Gasteiger partial charge in [0.05, 0.1) is 5.69 Å². The van der Waals surface area contributed by atoms with Gasteiger partial charge in [0.1, 0.15) is 29.8 Å². The minimum absolute atomic E-state index is 0.225. The molecule has 2 aromatic carbocycles. The fourth-order valence-electron chi connectivity index (χ4n) is 4.53. The summed E-state index contributed by atoms with van der Waals surface area (Å²) in [6.07, 6.45) is 5.52. The van der Waals surface area contributed by atoms with Gasteiger partial charge in [-0.1, -0.05) is 11.6 Å². The average molecular weight is 392 g/mol. The van der Waals surface area contributed by atoms with Gasteiger partial charge in [-0.05, 0) is 74.4 Å². The molecule has 0 radical (unpaired) electrons. The molecule has 2 fully saturated rings. The van der Waals surface area contributed by atoms with E-state index in [1.165, 1.54) is 31.0 Å². The number of nitrogens with zero attached hydrogens (tertiary/aromatic N) is 2. The molecule has 0 N–H and O–H groups in total. The van der Waals surface area contributed by atoms with E-state index < -0.39 is 11.6 Å². The number of halogens is 2. The molecule has 3 unspecified atom stereocenters. The maximum absolute atomic E-state index is 14.4. The Morgan fingerprint density at radius 2 is 1.93 bits per heavy atom. The Bertz CT molecular complexity index is 1070. The summed E-state index contributed by atoms with van der Waals surface area (Å²) >= 11 is 0. The van der Waals surface area contributed by atoms with Crippen molar-refractivity contribution in [3.63, 3.8) is 0 Å². The smallest absolute Gasteiger partial charge is 0.132 e. The lowest BCUT2D eigenvalue weighted by Gasteiger charge is -2.14. The van der Waals surface area contributed by atoms with Gasteiger partial charge in [0.2, 0.25) is 0 Å². The second kappa shape index (κ2) is 7.21. The lowest BCUT2D eigenvalue weighted by molar-refractivity contribution is 0.301. The highest BCUT2D eigenvalue weighted by Crippen LogP contribution is 2.58. The van der Waals surface area contributed by atoms with Crippen LogP contribution in [0.2, 0.25) is 0 Å². The Balaban J connectivity index is 1.39. The Morgan fingerprint density at radius 3 is 2.72 bits per heavy atom. The highest BCUT2D eigenvalue weighted by atomic mass is 19.1. The second-order valence-corrected chi connectivity index (χ2v) is 8.16. The highest BCUT2D eigenvalue weighted by molar-refractivity contribution is 5.71. The first-order valence-electron chi connectivity index (χ1n) is 10.1. The van der Waals surface area contributed by atoms with E-state index in [4.69, 9.17) is 9.72 Å². The van der Waals surface area contributed by atoms with Crippen LogP contribution >= 0.6 is 0 Å². The van der Waals surface area contributed by atoms with Gasteiger partial charge < -0.3 is 4.74 Å². The topological polar surface area (TPSA) is 35.0 Å². The van der Waals surface area contributed by atoms with Crippen molar-refractivity contribution in [2.45, 2.75) is 38.7 Å². The van der Waals surface area contributed by atoms with Crippen LogP contribution in [0.15, 0.2) is 48.7 Å². The van der Waals surface area contributed by atoms with E-state index in [0.717, 1.165) is 35.3 Å². The molecule has 0 bridgehead atoms. The number of rotatable bonds is 5. The molecule has 0 amide bonds. The normalized spacial score (nSPS) is 22.4. The monoisotopic (exact) mass is 392 g/mol. The molecule has 2 saturated carbocycles. The minimum atomic E-state index is -0.433. The minimum Gasteiger partial charge on any atom is -0.487 e. The standard InChI is InChI=1S/C24H22F2N2O/c1-14-2-6-22(26)20(10-14)21-12-16(25)4-7-23(21)29-13-17-8-9-27-24(28-17)18-5-3-15-11-19(15)18/h2,4,6-10,12,15,18-19H,3,5,11,13H2,1H3. The molecular formula is C24H22F2N2O. The van der Waals surface area contributed by atoms with Crippen LogP contribution in [0.1, 0.15) is 42.3 Å². The molecule has 3 aromatic rings. The number of hydrogen-bond donors (Lipinski definition) is 0. The third kappa shape index (κ3) is 3.61. The fourth-order valence-corrected chi connectivity index (χ4v) is 4.53. The summed E-state index contributed by atoms with van der Waals surface area (Å²) in [6, 6.07) is 10.8. The molecule has 5 rings (SSSR count). The van der Waals surface area contributed by atoms with Crippen LogP contribution in [0.5, 0.6) is 5.75 Å². The van der Waals surface area contributed by atoms with Gasteiger partial charge in [-0.15, -0.1) is 0 Å². The van der Waals surface area contributed by atoms with Crippen molar-refractivity contribution in [1.82, 2.24) is 9.97 Å². The Morgan fingerprint density at radius 1 is 1.03 bits per heavy atom. The van der Waals surface area contributed by atoms with E-state index in [9.17, 15) is 8.78 Å². The summed E-state index contributed by atoms with van der Waals surface area (Å²) < 4.78 is 34.3. The average Bonchev–Trinajstić information content (AvgIpc) is 3.38. The van der Waals surface area contributed by atoms with E-state index >= 15 is 0 Å². The zero-order chi connectivity index (χ0) is 20.0. The maximum atomic E-state index is 14.4. The third-order valence-corrected chi connectivity index (χ3v) is 6.14. The van der Waals surface area contributed by atoms with Crippen LogP contribution in [0.4, 0.5) is 8.78 Å². The van der Waals surface area contributed by atoms with Crippen LogP contribution in [0.25, 0.3) is 11.1 Å². The Hall–Kier alpha value is -2.82. The Labute approximate surface area is 168 Å². The highest BCUT2D eigenvalue weighted by Gasteiger charge is 2.49. The van der Waals surface area contributed by atoms with Gasteiger partial charge in [0.25, 0.3) is 0 Å². The predicted molar refractivity (Wildman–Crippen MR) is 106 cm³/mol. The van der Waals surface area contributed by atoms with Crippen LogP contribution in [-0.2, 0) is 6.61 Å². The van der Waals surface area contributed by atoms with Gasteiger partial charge in [-0.2, -0.15) is 0 Å². The molecule has 1 heterocycles. The summed E-state index contributed by atoms with van der Waals surface area (Å²) in [5, 5.41) is 0. The summed E-state index contributed by atoms with van der Waals surface area (Å²) in [5.74, 6) is 2.57. The van der Waals surface area contributed by atoms with Gasteiger partial charge >= 0.3 is 0 Å². The van der Waals surface area contributed by atoms with Crippen LogP contribution in [0.3, 0.4) is 0 Å². The van der Waals surface area contributed by atoms with Crippen molar-refractivity contribution in [2.24, 2.45) is 11.8 Å². The first kappa shape index (κ1) is 18.2. The maximum Gasteiger partial charge on any atom is 0.132 e. The fraction of sp³-hybridized carbons (Fsp3) is 0.333. The molecule has 0 aliphatic heterocycles. The lowest BCUT2D eigenvalue weighted by atomic mass is 10.0. The largest absolute Gasteiger partial charge is 0.487 e. The SMILES string of the molecule is Cc1ccc(F)c(-c2cc(F)ccc2OCc2ccnc(C3CCC4CC43)n2)c1. The first-order valence-corrected chi connectivity index (χ1v) is 10.1. The van der Waals surface area contributed by atoms with E-state index in [0.29, 0.717) is 22.8 Å². The predicted octanol–water partition coefficient (Wildman–Crippen LogP) is 5.82. The molecule has 1 aromatic heterocycles.